The molecule has 1 fully saturated rings. The molecule has 0 aliphatic carbocycles. The van der Waals surface area contributed by atoms with E-state index in [4.69, 9.17) is 4.74 Å². The normalized spacial score (nSPS) is 17.3. The van der Waals surface area contributed by atoms with Gasteiger partial charge >= 0.3 is 12.1 Å². The molecule has 0 amide bonds. The monoisotopic (exact) mass is 530 g/mol. The molecule has 1 saturated heterocycles. The Labute approximate surface area is 185 Å². The summed E-state index contributed by atoms with van der Waals surface area (Å²) < 4.78 is 46.6. The van der Waals surface area contributed by atoms with Gasteiger partial charge in [0.05, 0.1) is 12.5 Å². The number of likely N-dealkylation sites (tertiary alicyclic amines) is 1. The summed E-state index contributed by atoms with van der Waals surface area (Å²) in [5, 5.41) is 3.16. The maximum atomic E-state index is 12.3. The van der Waals surface area contributed by atoms with Gasteiger partial charge < -0.3 is 19.7 Å². The summed E-state index contributed by atoms with van der Waals surface area (Å²) in [5.74, 6) is 0.120. The van der Waals surface area contributed by atoms with Crippen LogP contribution in [0.15, 0.2) is 23.3 Å². The Morgan fingerprint density at radius 3 is 2.86 bits per heavy atom. The van der Waals surface area contributed by atoms with Crippen LogP contribution in [0.1, 0.15) is 25.3 Å². The van der Waals surface area contributed by atoms with Crippen LogP contribution >= 0.6 is 24.0 Å². The molecule has 7 nitrogen and oxygen atoms in total. The first-order chi connectivity index (χ1) is 13.3. The number of hydrogen-bond acceptors (Lipinski definition) is 5. The van der Waals surface area contributed by atoms with Gasteiger partial charge in [-0.15, -0.1) is 24.0 Å². The molecular formula is C18H26F3IN4O3. The molecule has 0 aromatic carbocycles. The number of carbonyl (C=O) groups is 1. The minimum Gasteiger partial charge on any atom is -0.468 e. The van der Waals surface area contributed by atoms with E-state index in [2.05, 4.69) is 20.0 Å². The number of piperidine rings is 1. The summed E-state index contributed by atoms with van der Waals surface area (Å²) in [5.41, 5.74) is 0.701. The molecule has 1 unspecified atom stereocenters. The molecule has 1 N–H and O–H groups in total. The second-order valence-electron chi connectivity index (χ2n) is 6.34. The Kier molecular flexibility index (Phi) is 10.5. The lowest BCUT2D eigenvalue weighted by atomic mass is 9.98. The minimum atomic E-state index is -4.41. The summed E-state index contributed by atoms with van der Waals surface area (Å²) in [4.78, 5) is 22.0. The molecule has 0 spiro atoms. The fourth-order valence-corrected chi connectivity index (χ4v) is 2.93. The van der Waals surface area contributed by atoms with Crippen LogP contribution in [0, 0.1) is 5.92 Å². The second kappa shape index (κ2) is 12.0. The number of hydrogen-bond donors (Lipinski definition) is 1. The van der Waals surface area contributed by atoms with Crippen molar-refractivity contribution in [3.8, 4) is 5.88 Å². The molecule has 0 bridgehead atoms. The molecule has 1 aliphatic rings. The first kappa shape index (κ1) is 25.2. The predicted molar refractivity (Wildman–Crippen MR) is 112 cm³/mol. The molecule has 164 valence electrons. The molecule has 1 atom stereocenters. The van der Waals surface area contributed by atoms with Crippen LogP contribution < -0.4 is 10.1 Å². The number of ether oxygens (including phenoxy) is 2. The van der Waals surface area contributed by atoms with Gasteiger partial charge in [0.2, 0.25) is 5.88 Å². The zero-order valence-electron chi connectivity index (χ0n) is 16.4. The highest BCUT2D eigenvalue weighted by molar-refractivity contribution is 14.0. The smallest absolute Gasteiger partial charge is 0.422 e. The number of aliphatic imine (C=N–C) groups is 1. The van der Waals surface area contributed by atoms with Crippen molar-refractivity contribution in [2.45, 2.75) is 32.5 Å². The van der Waals surface area contributed by atoms with Gasteiger partial charge in [-0.05, 0) is 31.4 Å². The average Bonchev–Trinajstić information content (AvgIpc) is 2.67. The van der Waals surface area contributed by atoms with Crippen LogP contribution in [0.3, 0.4) is 0 Å². The number of carbonyl (C=O) groups excluding carboxylic acids is 1. The summed E-state index contributed by atoms with van der Waals surface area (Å²) >= 11 is 0. The SMILES string of the molecule is CCOC(=O)C1CCCN(C(=NC)NCc2ccnc(OCC(F)(F)F)c2)C1.I. The van der Waals surface area contributed by atoms with E-state index in [0.717, 1.165) is 19.4 Å². The van der Waals surface area contributed by atoms with Crippen molar-refractivity contribution >= 4 is 35.9 Å². The third kappa shape index (κ3) is 8.62. The number of nitrogens with one attached hydrogen (secondary N) is 1. The van der Waals surface area contributed by atoms with Gasteiger partial charge in [-0.2, -0.15) is 13.2 Å². The molecular weight excluding hydrogens is 504 g/mol. The van der Waals surface area contributed by atoms with Crippen LogP contribution in [0.5, 0.6) is 5.88 Å². The van der Waals surface area contributed by atoms with Crippen molar-refractivity contribution < 1.29 is 27.4 Å². The highest BCUT2D eigenvalue weighted by Gasteiger charge is 2.29. The maximum absolute atomic E-state index is 12.3. The van der Waals surface area contributed by atoms with Crippen molar-refractivity contribution in [2.24, 2.45) is 10.9 Å². The van der Waals surface area contributed by atoms with Gasteiger partial charge in [-0.3, -0.25) is 9.79 Å². The fourth-order valence-electron chi connectivity index (χ4n) is 2.93. The van der Waals surface area contributed by atoms with Crippen LogP contribution in [-0.2, 0) is 16.1 Å². The van der Waals surface area contributed by atoms with Crippen LogP contribution in [0.4, 0.5) is 13.2 Å². The van der Waals surface area contributed by atoms with E-state index in [0.29, 0.717) is 31.2 Å². The second-order valence-corrected chi connectivity index (χ2v) is 6.34. The van der Waals surface area contributed by atoms with Crippen LogP contribution in [0.25, 0.3) is 0 Å². The number of pyridine rings is 1. The minimum absolute atomic E-state index is 0. The molecule has 1 aromatic heterocycles. The number of alkyl halides is 3. The molecule has 2 rings (SSSR count). The van der Waals surface area contributed by atoms with Crippen molar-refractivity contribution in [3.05, 3.63) is 23.9 Å². The summed E-state index contributed by atoms with van der Waals surface area (Å²) in [6.45, 7) is 2.34. The number of aromatic nitrogens is 1. The third-order valence-corrected chi connectivity index (χ3v) is 4.19. The van der Waals surface area contributed by atoms with Gasteiger partial charge in [-0.1, -0.05) is 0 Å². The Morgan fingerprint density at radius 1 is 1.45 bits per heavy atom. The number of nitrogens with zero attached hydrogens (tertiary/aromatic N) is 3. The lowest BCUT2D eigenvalue weighted by Gasteiger charge is -2.34. The van der Waals surface area contributed by atoms with Crippen LogP contribution in [0.2, 0.25) is 0 Å². The summed E-state index contributed by atoms with van der Waals surface area (Å²) in [6.07, 6.45) is -1.41. The molecule has 2 heterocycles. The predicted octanol–water partition coefficient (Wildman–Crippen LogP) is 2.99. The molecule has 0 saturated carbocycles. The van der Waals surface area contributed by atoms with Crippen molar-refractivity contribution in [1.29, 1.82) is 0 Å². The molecule has 0 radical (unpaired) electrons. The standard InChI is InChI=1S/C18H25F3N4O3.HI/c1-3-27-16(26)14-5-4-8-25(11-14)17(22-2)24-10-13-6-7-23-15(9-13)28-12-18(19,20)21;/h6-7,9,14H,3-5,8,10-12H2,1-2H3,(H,22,24);1H. The Morgan fingerprint density at radius 2 is 2.21 bits per heavy atom. The van der Waals surface area contributed by atoms with Gasteiger partial charge in [0.25, 0.3) is 0 Å². The van der Waals surface area contributed by atoms with Gasteiger partial charge in [0.15, 0.2) is 12.6 Å². The van der Waals surface area contributed by atoms with E-state index in [1.54, 1.807) is 20.0 Å². The first-order valence-electron chi connectivity index (χ1n) is 9.09. The van der Waals surface area contributed by atoms with E-state index >= 15 is 0 Å². The van der Waals surface area contributed by atoms with E-state index in [1.807, 2.05) is 4.90 Å². The molecule has 1 aromatic rings. The van der Waals surface area contributed by atoms with Gasteiger partial charge in [0.1, 0.15) is 0 Å². The molecule has 29 heavy (non-hydrogen) atoms. The maximum Gasteiger partial charge on any atom is 0.422 e. The number of guanidine groups is 1. The van der Waals surface area contributed by atoms with E-state index in [-0.39, 0.29) is 41.7 Å². The van der Waals surface area contributed by atoms with E-state index in [1.165, 1.54) is 12.3 Å². The number of esters is 1. The molecule has 1 aliphatic heterocycles. The summed E-state index contributed by atoms with van der Waals surface area (Å²) in [6, 6.07) is 3.13. The first-order valence-corrected chi connectivity index (χ1v) is 9.09. The Bertz CT molecular complexity index is 689. The Hall–Kier alpha value is -1.79. The zero-order valence-corrected chi connectivity index (χ0v) is 18.7. The van der Waals surface area contributed by atoms with E-state index in [9.17, 15) is 18.0 Å². The zero-order chi connectivity index (χ0) is 20.6. The third-order valence-electron chi connectivity index (χ3n) is 4.19. The average molecular weight is 530 g/mol. The Balaban J connectivity index is 0.00000420. The lowest BCUT2D eigenvalue weighted by Crippen LogP contribution is -2.48. The largest absolute Gasteiger partial charge is 0.468 e. The van der Waals surface area contributed by atoms with Crippen LogP contribution in [-0.4, -0.2) is 61.3 Å². The van der Waals surface area contributed by atoms with Gasteiger partial charge in [0, 0.05) is 38.9 Å². The van der Waals surface area contributed by atoms with E-state index < -0.39 is 12.8 Å². The topological polar surface area (TPSA) is 76.0 Å². The highest BCUT2D eigenvalue weighted by Crippen LogP contribution is 2.19. The van der Waals surface area contributed by atoms with Gasteiger partial charge in [-0.25, -0.2) is 4.98 Å². The van der Waals surface area contributed by atoms with Crippen molar-refractivity contribution in [3.63, 3.8) is 0 Å². The number of halogens is 4. The quantitative estimate of drug-likeness (QED) is 0.264. The fraction of sp³-hybridized carbons (Fsp3) is 0.611. The van der Waals surface area contributed by atoms with Crippen molar-refractivity contribution in [2.75, 3.05) is 33.4 Å². The number of rotatable bonds is 6. The lowest BCUT2D eigenvalue weighted by molar-refractivity contribution is -0.154. The highest BCUT2D eigenvalue weighted by atomic mass is 127. The molecule has 11 heteroatoms. The van der Waals surface area contributed by atoms with Crippen molar-refractivity contribution in [1.82, 2.24) is 15.2 Å². The summed E-state index contributed by atoms with van der Waals surface area (Å²) in [7, 11) is 1.64.